The van der Waals surface area contributed by atoms with Crippen molar-refractivity contribution in [2.45, 2.75) is 19.8 Å². The molecule has 1 aromatic rings. The smallest absolute Gasteiger partial charge is 0.324 e. The lowest BCUT2D eigenvalue weighted by Crippen LogP contribution is -2.38. The largest absolute Gasteiger partial charge is 0.355 e. The highest BCUT2D eigenvalue weighted by Gasteiger charge is 2.25. The molecule has 1 aliphatic heterocycles. The van der Waals surface area contributed by atoms with Crippen molar-refractivity contribution in [1.29, 1.82) is 0 Å². The molecule has 0 radical (unpaired) electrons. The molecule has 6 heteroatoms. The second-order valence-electron chi connectivity index (χ2n) is 5.79. The average Bonchev–Trinajstić information content (AvgIpc) is 3.28. The van der Waals surface area contributed by atoms with E-state index in [0.717, 1.165) is 12.1 Å². The number of nitrogens with one attached hydrogen (secondary N) is 2. The number of aliphatic imine (C=N–C) groups is 1. The molecule has 0 atom stereocenters. The van der Waals surface area contributed by atoms with E-state index in [2.05, 4.69) is 15.6 Å². The molecule has 5 nitrogen and oxygen atoms in total. The zero-order chi connectivity index (χ0) is 15.5. The summed E-state index contributed by atoms with van der Waals surface area (Å²) >= 11 is 0. The third kappa shape index (κ3) is 3.84. The van der Waals surface area contributed by atoms with Crippen LogP contribution in [-0.2, 0) is 0 Å². The summed E-state index contributed by atoms with van der Waals surface area (Å²) in [4.78, 5) is 17.8. The number of nitrogens with zero attached hydrogens (tertiary/aromatic N) is 2. The number of anilines is 1. The molecular formula is C16H19FN4O. The first-order valence-electron chi connectivity index (χ1n) is 7.41. The Bertz CT molecular complexity index is 620. The summed E-state index contributed by atoms with van der Waals surface area (Å²) in [5, 5.41) is 5.10. The lowest BCUT2D eigenvalue weighted by Gasteiger charge is -2.22. The SMILES string of the molecule is Cc1ccc(NC(=O)NC2=NCN(CC3CC3)C=C2F)cc1. The van der Waals surface area contributed by atoms with Crippen LogP contribution >= 0.6 is 0 Å². The third-order valence-electron chi connectivity index (χ3n) is 3.66. The number of rotatable bonds is 3. The predicted molar refractivity (Wildman–Crippen MR) is 84.3 cm³/mol. The summed E-state index contributed by atoms with van der Waals surface area (Å²) in [6.07, 6.45) is 3.84. The van der Waals surface area contributed by atoms with Gasteiger partial charge in [-0.2, -0.15) is 0 Å². The van der Waals surface area contributed by atoms with Crippen molar-refractivity contribution in [2.75, 3.05) is 18.5 Å². The van der Waals surface area contributed by atoms with Gasteiger partial charge in [-0.1, -0.05) is 17.7 Å². The normalized spacial score (nSPS) is 17.6. The minimum absolute atomic E-state index is 0.0170. The standard InChI is InChI=1S/C16H19FN4O/c1-11-2-6-13(7-3-11)19-16(22)20-15-14(17)9-21(10-18-15)8-12-4-5-12/h2-3,6-7,9,12H,4-5,8,10H2,1H3,(H2,18,19,20,22). The van der Waals surface area contributed by atoms with Crippen molar-refractivity contribution in [3.63, 3.8) is 0 Å². The predicted octanol–water partition coefficient (Wildman–Crippen LogP) is 3.01. The Kier molecular flexibility index (Phi) is 4.09. The van der Waals surface area contributed by atoms with Crippen LogP contribution in [0.25, 0.3) is 0 Å². The Labute approximate surface area is 128 Å². The fraction of sp³-hybridized carbons (Fsp3) is 0.375. The minimum Gasteiger partial charge on any atom is -0.355 e. The van der Waals surface area contributed by atoms with E-state index in [1.807, 2.05) is 24.0 Å². The first-order chi connectivity index (χ1) is 10.6. The molecule has 1 aliphatic carbocycles. The molecule has 1 heterocycles. The molecule has 22 heavy (non-hydrogen) atoms. The summed E-state index contributed by atoms with van der Waals surface area (Å²) in [6.45, 7) is 3.18. The molecule has 2 aliphatic rings. The molecule has 0 spiro atoms. The van der Waals surface area contributed by atoms with E-state index in [-0.39, 0.29) is 5.84 Å². The van der Waals surface area contributed by atoms with Crippen LogP contribution < -0.4 is 10.6 Å². The molecule has 0 unspecified atom stereocenters. The van der Waals surface area contributed by atoms with E-state index < -0.39 is 11.9 Å². The van der Waals surface area contributed by atoms with Crippen molar-refractivity contribution >= 4 is 17.6 Å². The van der Waals surface area contributed by atoms with Crippen molar-refractivity contribution in [2.24, 2.45) is 10.9 Å². The van der Waals surface area contributed by atoms with Gasteiger partial charge in [-0.15, -0.1) is 0 Å². The number of carbonyl (C=O) groups is 1. The molecule has 1 aromatic carbocycles. The summed E-state index contributed by atoms with van der Waals surface area (Å²) in [5.41, 5.74) is 1.76. The summed E-state index contributed by atoms with van der Waals surface area (Å²) < 4.78 is 14.0. The molecule has 0 saturated heterocycles. The van der Waals surface area contributed by atoms with Crippen molar-refractivity contribution in [3.8, 4) is 0 Å². The number of amidine groups is 1. The van der Waals surface area contributed by atoms with Crippen LogP contribution in [-0.4, -0.2) is 30.0 Å². The van der Waals surface area contributed by atoms with Gasteiger partial charge >= 0.3 is 6.03 Å². The highest BCUT2D eigenvalue weighted by molar-refractivity contribution is 6.09. The number of hydrogen-bond donors (Lipinski definition) is 2. The van der Waals surface area contributed by atoms with Gasteiger partial charge in [0, 0.05) is 18.4 Å². The van der Waals surface area contributed by atoms with Crippen molar-refractivity contribution in [3.05, 3.63) is 41.9 Å². The Morgan fingerprint density at radius 1 is 1.32 bits per heavy atom. The zero-order valence-electron chi connectivity index (χ0n) is 12.5. The van der Waals surface area contributed by atoms with Gasteiger partial charge in [0.2, 0.25) is 0 Å². The molecule has 3 rings (SSSR count). The summed E-state index contributed by atoms with van der Waals surface area (Å²) in [5.74, 6) is 0.140. The lowest BCUT2D eigenvalue weighted by molar-refractivity contribution is 0.255. The van der Waals surface area contributed by atoms with Crippen LogP contribution in [0.5, 0.6) is 0 Å². The van der Waals surface area contributed by atoms with Crippen LogP contribution in [0, 0.1) is 12.8 Å². The maximum atomic E-state index is 14.0. The number of urea groups is 1. The number of halogens is 1. The highest BCUT2D eigenvalue weighted by atomic mass is 19.1. The second-order valence-corrected chi connectivity index (χ2v) is 5.79. The number of benzene rings is 1. The average molecular weight is 302 g/mol. The molecular weight excluding hydrogens is 283 g/mol. The van der Waals surface area contributed by atoms with Gasteiger partial charge in [-0.25, -0.2) is 14.2 Å². The number of carbonyl (C=O) groups excluding carboxylic acids is 1. The molecule has 1 fully saturated rings. The van der Waals surface area contributed by atoms with Gasteiger partial charge in [0.05, 0.1) is 0 Å². The van der Waals surface area contributed by atoms with Crippen LogP contribution in [0.1, 0.15) is 18.4 Å². The van der Waals surface area contributed by atoms with Crippen LogP contribution in [0.15, 0.2) is 41.3 Å². The maximum Gasteiger partial charge on any atom is 0.324 e. The molecule has 0 aromatic heterocycles. The van der Waals surface area contributed by atoms with Gasteiger partial charge < -0.3 is 10.2 Å². The van der Waals surface area contributed by atoms with Gasteiger partial charge in [0.25, 0.3) is 0 Å². The van der Waals surface area contributed by atoms with Gasteiger partial charge in [0.15, 0.2) is 11.7 Å². The molecule has 1 saturated carbocycles. The van der Waals surface area contributed by atoms with E-state index in [9.17, 15) is 9.18 Å². The first-order valence-corrected chi connectivity index (χ1v) is 7.41. The zero-order valence-corrected chi connectivity index (χ0v) is 12.5. The molecule has 2 amide bonds. The van der Waals surface area contributed by atoms with E-state index in [1.165, 1.54) is 19.0 Å². The summed E-state index contributed by atoms with van der Waals surface area (Å²) in [7, 11) is 0. The number of aryl methyl sites for hydroxylation is 1. The van der Waals surface area contributed by atoms with Crippen molar-refractivity contribution in [1.82, 2.24) is 10.2 Å². The van der Waals surface area contributed by atoms with Crippen molar-refractivity contribution < 1.29 is 9.18 Å². The van der Waals surface area contributed by atoms with E-state index in [1.54, 1.807) is 12.1 Å². The Balaban J connectivity index is 1.54. The fourth-order valence-electron chi connectivity index (χ4n) is 2.25. The van der Waals surface area contributed by atoms with E-state index >= 15 is 0 Å². The number of hydrogen-bond acceptors (Lipinski definition) is 3. The fourth-order valence-corrected chi connectivity index (χ4v) is 2.25. The Morgan fingerprint density at radius 2 is 2.05 bits per heavy atom. The van der Waals surface area contributed by atoms with Crippen LogP contribution in [0.4, 0.5) is 14.9 Å². The van der Waals surface area contributed by atoms with E-state index in [0.29, 0.717) is 18.3 Å². The Morgan fingerprint density at radius 3 is 2.68 bits per heavy atom. The maximum absolute atomic E-state index is 14.0. The molecule has 2 N–H and O–H groups in total. The second kappa shape index (κ2) is 6.17. The van der Waals surface area contributed by atoms with Crippen LogP contribution in [0.3, 0.4) is 0 Å². The quantitative estimate of drug-likeness (QED) is 0.902. The van der Waals surface area contributed by atoms with Gasteiger partial charge in [0.1, 0.15) is 6.67 Å². The number of amides is 2. The molecule has 0 bridgehead atoms. The molecule has 116 valence electrons. The minimum atomic E-state index is -0.508. The van der Waals surface area contributed by atoms with E-state index in [4.69, 9.17) is 0 Å². The topological polar surface area (TPSA) is 56.7 Å². The van der Waals surface area contributed by atoms with Crippen LogP contribution in [0.2, 0.25) is 0 Å². The van der Waals surface area contributed by atoms with Gasteiger partial charge in [-0.05, 0) is 37.8 Å². The highest BCUT2D eigenvalue weighted by Crippen LogP contribution is 2.30. The monoisotopic (exact) mass is 302 g/mol. The first kappa shape index (κ1) is 14.6. The third-order valence-corrected chi connectivity index (χ3v) is 3.66. The summed E-state index contributed by atoms with van der Waals surface area (Å²) in [6, 6.07) is 6.87. The Hall–Kier alpha value is -2.37. The lowest BCUT2D eigenvalue weighted by atomic mass is 10.2. The van der Waals surface area contributed by atoms with Gasteiger partial charge in [-0.3, -0.25) is 5.32 Å².